The zero-order chi connectivity index (χ0) is 14.5. The molecular formula is C15H14N2O3. The monoisotopic (exact) mass is 270 g/mol. The normalized spacial score (nSPS) is 10.8. The van der Waals surface area contributed by atoms with E-state index in [4.69, 9.17) is 5.11 Å². The zero-order valence-corrected chi connectivity index (χ0v) is 10.9. The lowest BCUT2D eigenvalue weighted by Gasteiger charge is -2.02. The number of rotatable bonds is 4. The highest BCUT2D eigenvalue weighted by Crippen LogP contribution is 2.25. The van der Waals surface area contributed by atoms with E-state index >= 15 is 0 Å². The van der Waals surface area contributed by atoms with Crippen molar-refractivity contribution in [2.45, 2.75) is 13.3 Å². The first kappa shape index (κ1) is 13.7. The number of azo groups is 1. The number of phenolic OH excluding ortho intramolecular Hbond substituents is 1. The average Bonchev–Trinajstić information content (AvgIpc) is 2.39. The van der Waals surface area contributed by atoms with Gasteiger partial charge in [0.25, 0.3) is 0 Å². The molecule has 2 aromatic rings. The van der Waals surface area contributed by atoms with Crippen LogP contribution in [0.25, 0.3) is 0 Å². The van der Waals surface area contributed by atoms with Crippen LogP contribution in [0.3, 0.4) is 0 Å². The quantitative estimate of drug-likeness (QED) is 0.830. The molecule has 5 nitrogen and oxygen atoms in total. The van der Waals surface area contributed by atoms with Crippen LogP contribution in [0.4, 0.5) is 11.4 Å². The number of hydrogen-bond donors (Lipinski definition) is 2. The summed E-state index contributed by atoms with van der Waals surface area (Å²) in [6.45, 7) is 1.96. The Labute approximate surface area is 116 Å². The van der Waals surface area contributed by atoms with Gasteiger partial charge >= 0.3 is 5.97 Å². The summed E-state index contributed by atoms with van der Waals surface area (Å²) < 4.78 is 0. The van der Waals surface area contributed by atoms with Gasteiger partial charge in [0.15, 0.2) is 0 Å². The van der Waals surface area contributed by atoms with Gasteiger partial charge in [-0.3, -0.25) is 4.79 Å². The molecule has 0 bridgehead atoms. The number of nitrogens with zero attached hydrogens (tertiary/aromatic N) is 2. The van der Waals surface area contributed by atoms with Crippen molar-refractivity contribution in [2.75, 3.05) is 0 Å². The number of carbonyl (C=O) groups is 1. The second-order valence-electron chi connectivity index (χ2n) is 4.42. The van der Waals surface area contributed by atoms with Gasteiger partial charge in [0, 0.05) is 5.56 Å². The van der Waals surface area contributed by atoms with E-state index in [1.807, 2.05) is 31.2 Å². The second-order valence-corrected chi connectivity index (χ2v) is 4.42. The fourth-order valence-electron chi connectivity index (χ4n) is 1.74. The summed E-state index contributed by atoms with van der Waals surface area (Å²) in [6, 6.07) is 12.1. The second kappa shape index (κ2) is 5.97. The molecule has 20 heavy (non-hydrogen) atoms. The number of benzene rings is 2. The van der Waals surface area contributed by atoms with Crippen molar-refractivity contribution >= 4 is 17.3 Å². The molecule has 0 aliphatic rings. The van der Waals surface area contributed by atoms with Crippen LogP contribution < -0.4 is 0 Å². The maximum Gasteiger partial charge on any atom is 0.307 e. The lowest BCUT2D eigenvalue weighted by atomic mass is 10.1. The van der Waals surface area contributed by atoms with Crippen molar-refractivity contribution in [3.8, 4) is 5.75 Å². The molecule has 2 N–H and O–H groups in total. The summed E-state index contributed by atoms with van der Waals surface area (Å²) >= 11 is 0. The van der Waals surface area contributed by atoms with E-state index in [0.29, 0.717) is 11.3 Å². The number of aromatic hydroxyl groups is 1. The highest BCUT2D eigenvalue weighted by atomic mass is 16.4. The van der Waals surface area contributed by atoms with Crippen LogP contribution in [0.5, 0.6) is 5.75 Å². The van der Waals surface area contributed by atoms with E-state index in [9.17, 15) is 9.90 Å². The van der Waals surface area contributed by atoms with Gasteiger partial charge in [-0.05, 0) is 42.8 Å². The number of hydrogen-bond acceptors (Lipinski definition) is 4. The average molecular weight is 270 g/mol. The standard InChI is InChI=1S/C15H14N2O3/c1-10-3-2-4-12(7-10)16-17-13-5-6-14(18)11(8-13)9-15(19)20/h2-8,18H,9H2,1H3,(H,19,20). The molecule has 0 spiro atoms. The van der Waals surface area contributed by atoms with Gasteiger partial charge in [0.05, 0.1) is 17.8 Å². The smallest absolute Gasteiger partial charge is 0.307 e. The molecule has 0 aliphatic carbocycles. The molecule has 0 saturated carbocycles. The third-order valence-electron chi connectivity index (χ3n) is 2.69. The Bertz CT molecular complexity index is 666. The highest BCUT2D eigenvalue weighted by molar-refractivity contribution is 5.72. The van der Waals surface area contributed by atoms with Crippen molar-refractivity contribution in [1.29, 1.82) is 0 Å². The first-order valence-corrected chi connectivity index (χ1v) is 6.07. The summed E-state index contributed by atoms with van der Waals surface area (Å²) in [5.74, 6) is -1.06. The molecule has 2 rings (SSSR count). The SMILES string of the molecule is Cc1cccc(N=Nc2ccc(O)c(CC(=O)O)c2)c1. The molecule has 0 aliphatic heterocycles. The molecule has 0 atom stereocenters. The summed E-state index contributed by atoms with van der Waals surface area (Å²) in [7, 11) is 0. The van der Waals surface area contributed by atoms with Gasteiger partial charge in [0.2, 0.25) is 0 Å². The number of carboxylic acid groups (broad SMARTS) is 1. The minimum atomic E-state index is -1.01. The maximum absolute atomic E-state index is 10.7. The zero-order valence-electron chi connectivity index (χ0n) is 10.9. The number of phenols is 1. The minimum absolute atomic E-state index is 0.0538. The van der Waals surface area contributed by atoms with Gasteiger partial charge in [-0.2, -0.15) is 10.2 Å². The van der Waals surface area contributed by atoms with E-state index in [2.05, 4.69) is 10.2 Å². The van der Waals surface area contributed by atoms with Crippen LogP contribution in [0.1, 0.15) is 11.1 Å². The summed E-state index contributed by atoms with van der Waals surface area (Å²) in [4.78, 5) is 10.7. The van der Waals surface area contributed by atoms with Gasteiger partial charge in [0.1, 0.15) is 5.75 Å². The molecule has 0 heterocycles. The van der Waals surface area contributed by atoms with E-state index in [1.165, 1.54) is 12.1 Å². The Kier molecular flexibility index (Phi) is 4.10. The molecule has 0 amide bonds. The number of aryl methyl sites for hydroxylation is 1. The van der Waals surface area contributed by atoms with E-state index < -0.39 is 5.97 Å². The van der Waals surface area contributed by atoms with E-state index in [-0.39, 0.29) is 12.2 Å². The maximum atomic E-state index is 10.7. The Hall–Kier alpha value is -2.69. The Morgan fingerprint density at radius 2 is 1.80 bits per heavy atom. The van der Waals surface area contributed by atoms with Crippen LogP contribution in [-0.2, 0) is 11.2 Å². The van der Waals surface area contributed by atoms with Crippen molar-refractivity contribution in [1.82, 2.24) is 0 Å². The van der Waals surface area contributed by atoms with Crippen LogP contribution in [-0.4, -0.2) is 16.2 Å². The fraction of sp³-hybridized carbons (Fsp3) is 0.133. The summed E-state index contributed by atoms with van der Waals surface area (Å²) in [6.07, 6.45) is -0.250. The van der Waals surface area contributed by atoms with Crippen molar-refractivity contribution < 1.29 is 15.0 Å². The minimum Gasteiger partial charge on any atom is -0.508 e. The largest absolute Gasteiger partial charge is 0.508 e. The van der Waals surface area contributed by atoms with Gasteiger partial charge in [-0.1, -0.05) is 12.1 Å². The summed E-state index contributed by atoms with van der Waals surface area (Å²) in [5, 5.41) is 26.5. The van der Waals surface area contributed by atoms with Gasteiger partial charge in [-0.25, -0.2) is 0 Å². The molecule has 0 unspecified atom stereocenters. The number of carboxylic acids is 1. The lowest BCUT2D eigenvalue weighted by molar-refractivity contribution is -0.136. The third kappa shape index (κ3) is 3.65. The predicted molar refractivity (Wildman–Crippen MR) is 74.8 cm³/mol. The topological polar surface area (TPSA) is 82.2 Å². The van der Waals surface area contributed by atoms with Crippen LogP contribution in [0, 0.1) is 6.92 Å². The molecule has 0 aromatic heterocycles. The van der Waals surface area contributed by atoms with E-state index in [0.717, 1.165) is 11.3 Å². The Morgan fingerprint density at radius 3 is 2.45 bits per heavy atom. The molecule has 5 heteroatoms. The highest BCUT2D eigenvalue weighted by Gasteiger charge is 2.07. The molecule has 2 aromatic carbocycles. The molecule has 0 radical (unpaired) electrons. The third-order valence-corrected chi connectivity index (χ3v) is 2.69. The Morgan fingerprint density at radius 1 is 1.10 bits per heavy atom. The van der Waals surface area contributed by atoms with Gasteiger partial charge < -0.3 is 10.2 Å². The lowest BCUT2D eigenvalue weighted by Crippen LogP contribution is -1.99. The van der Waals surface area contributed by atoms with E-state index in [1.54, 1.807) is 6.07 Å². The molecule has 0 saturated heterocycles. The molecular weight excluding hydrogens is 256 g/mol. The fourth-order valence-corrected chi connectivity index (χ4v) is 1.74. The van der Waals surface area contributed by atoms with Crippen LogP contribution in [0.2, 0.25) is 0 Å². The summed E-state index contributed by atoms with van der Waals surface area (Å²) in [5.41, 5.74) is 2.62. The van der Waals surface area contributed by atoms with Crippen LogP contribution in [0.15, 0.2) is 52.7 Å². The number of aliphatic carboxylic acids is 1. The molecule has 102 valence electrons. The van der Waals surface area contributed by atoms with Crippen molar-refractivity contribution in [3.63, 3.8) is 0 Å². The Balaban J connectivity index is 2.23. The van der Waals surface area contributed by atoms with Crippen molar-refractivity contribution in [2.24, 2.45) is 10.2 Å². The molecule has 0 fully saturated rings. The predicted octanol–water partition coefficient (Wildman–Crippen LogP) is 3.74. The van der Waals surface area contributed by atoms with Gasteiger partial charge in [-0.15, -0.1) is 0 Å². The first-order chi connectivity index (χ1) is 9.54. The van der Waals surface area contributed by atoms with Crippen LogP contribution >= 0.6 is 0 Å². The van der Waals surface area contributed by atoms with Crippen molar-refractivity contribution in [3.05, 3.63) is 53.6 Å². The first-order valence-electron chi connectivity index (χ1n) is 6.07.